The summed E-state index contributed by atoms with van der Waals surface area (Å²) >= 11 is 0. The van der Waals surface area contributed by atoms with Crippen LogP contribution in [0.25, 0.3) is 22.6 Å². The molecule has 1 amide bonds. The number of anilines is 1. The first-order valence-electron chi connectivity index (χ1n) is 8.68. The van der Waals surface area contributed by atoms with Crippen LogP contribution in [0.3, 0.4) is 0 Å². The molecule has 4 rings (SSSR count). The van der Waals surface area contributed by atoms with Crippen molar-refractivity contribution in [3.8, 4) is 28.3 Å². The van der Waals surface area contributed by atoms with E-state index >= 15 is 0 Å². The Morgan fingerprint density at radius 2 is 1.46 bits per heavy atom. The summed E-state index contributed by atoms with van der Waals surface area (Å²) in [5.41, 5.74) is 3.37. The van der Waals surface area contributed by atoms with Crippen LogP contribution in [0.4, 0.5) is 6.01 Å². The summed E-state index contributed by atoms with van der Waals surface area (Å²) in [5, 5.41) is 10.5. The van der Waals surface area contributed by atoms with Gasteiger partial charge in [0.1, 0.15) is 5.75 Å². The lowest BCUT2D eigenvalue weighted by atomic mass is 10.0. The second-order valence-corrected chi connectivity index (χ2v) is 6.04. The molecule has 0 radical (unpaired) electrons. The summed E-state index contributed by atoms with van der Waals surface area (Å²) < 4.78 is 10.7. The molecule has 0 fully saturated rings. The zero-order valence-electron chi connectivity index (χ0n) is 15.1. The van der Waals surface area contributed by atoms with Crippen LogP contribution < -0.4 is 10.1 Å². The Kier molecular flexibility index (Phi) is 4.84. The van der Waals surface area contributed by atoms with Crippen molar-refractivity contribution in [2.45, 2.75) is 0 Å². The summed E-state index contributed by atoms with van der Waals surface area (Å²) in [6.07, 6.45) is 0. The molecule has 0 spiro atoms. The van der Waals surface area contributed by atoms with E-state index in [-0.39, 0.29) is 11.9 Å². The lowest BCUT2D eigenvalue weighted by Gasteiger charge is -2.04. The van der Waals surface area contributed by atoms with Crippen LogP contribution in [0.15, 0.2) is 83.3 Å². The largest absolute Gasteiger partial charge is 0.497 e. The third-order valence-corrected chi connectivity index (χ3v) is 4.24. The van der Waals surface area contributed by atoms with E-state index in [1.54, 1.807) is 43.5 Å². The third-order valence-electron chi connectivity index (χ3n) is 4.24. The fourth-order valence-electron chi connectivity index (χ4n) is 2.74. The number of ether oxygens (including phenoxy) is 1. The average Bonchev–Trinajstić information content (AvgIpc) is 3.23. The van der Waals surface area contributed by atoms with Gasteiger partial charge >= 0.3 is 6.01 Å². The Morgan fingerprint density at radius 3 is 2.14 bits per heavy atom. The number of nitrogens with one attached hydrogen (secondary N) is 1. The van der Waals surface area contributed by atoms with E-state index in [2.05, 4.69) is 15.5 Å². The van der Waals surface area contributed by atoms with E-state index in [9.17, 15) is 4.79 Å². The first kappa shape index (κ1) is 17.5. The van der Waals surface area contributed by atoms with Gasteiger partial charge in [-0.15, -0.1) is 5.10 Å². The van der Waals surface area contributed by atoms with Crippen molar-refractivity contribution in [3.63, 3.8) is 0 Å². The zero-order valence-corrected chi connectivity index (χ0v) is 15.1. The Hall–Kier alpha value is -3.93. The molecule has 0 atom stereocenters. The number of nitrogens with zero attached hydrogens (tertiary/aromatic N) is 2. The van der Waals surface area contributed by atoms with Gasteiger partial charge < -0.3 is 9.15 Å². The highest BCUT2D eigenvalue weighted by Gasteiger charge is 2.13. The summed E-state index contributed by atoms with van der Waals surface area (Å²) in [7, 11) is 1.60. The van der Waals surface area contributed by atoms with Crippen LogP contribution in [-0.2, 0) is 0 Å². The van der Waals surface area contributed by atoms with Crippen molar-refractivity contribution in [3.05, 3.63) is 84.4 Å². The maximum Gasteiger partial charge on any atom is 0.322 e. The van der Waals surface area contributed by atoms with Gasteiger partial charge in [-0.05, 0) is 47.5 Å². The maximum atomic E-state index is 12.4. The second kappa shape index (κ2) is 7.75. The summed E-state index contributed by atoms with van der Waals surface area (Å²) in [5.74, 6) is 0.734. The fraction of sp³-hybridized carbons (Fsp3) is 0.0455. The summed E-state index contributed by atoms with van der Waals surface area (Å²) in [6.45, 7) is 0. The van der Waals surface area contributed by atoms with E-state index in [0.717, 1.165) is 22.4 Å². The molecule has 1 aromatic heterocycles. The number of hydrogen-bond donors (Lipinski definition) is 1. The van der Waals surface area contributed by atoms with Crippen LogP contribution >= 0.6 is 0 Å². The van der Waals surface area contributed by atoms with Gasteiger partial charge in [-0.2, -0.15) is 0 Å². The van der Waals surface area contributed by atoms with Gasteiger partial charge in [0.2, 0.25) is 5.89 Å². The number of benzene rings is 3. The summed E-state index contributed by atoms with van der Waals surface area (Å²) in [4.78, 5) is 12.4. The molecule has 6 nitrogen and oxygen atoms in total. The standard InChI is InChI=1S/C22H17N3O3/c1-27-19-13-11-18(12-14-19)21-24-25-22(28-21)23-20(26)17-9-7-16(8-10-17)15-5-3-2-4-6-15/h2-14H,1H3,(H,23,25,26). The molecular formula is C22H17N3O3. The van der Waals surface area contributed by atoms with Gasteiger partial charge in [-0.3, -0.25) is 10.1 Å². The van der Waals surface area contributed by atoms with Crippen molar-refractivity contribution >= 4 is 11.9 Å². The Balaban J connectivity index is 1.46. The van der Waals surface area contributed by atoms with Gasteiger partial charge in [0.25, 0.3) is 5.91 Å². The Morgan fingerprint density at radius 1 is 0.821 bits per heavy atom. The fourth-order valence-corrected chi connectivity index (χ4v) is 2.74. The van der Waals surface area contributed by atoms with Gasteiger partial charge in [-0.25, -0.2) is 0 Å². The molecule has 0 saturated heterocycles. The number of carbonyl (C=O) groups is 1. The number of carbonyl (C=O) groups excluding carboxylic acids is 1. The molecule has 0 aliphatic carbocycles. The van der Waals surface area contributed by atoms with E-state index in [1.807, 2.05) is 42.5 Å². The van der Waals surface area contributed by atoms with Gasteiger partial charge in [0.15, 0.2) is 0 Å². The maximum absolute atomic E-state index is 12.4. The molecule has 1 heterocycles. The topological polar surface area (TPSA) is 77.3 Å². The van der Waals surface area contributed by atoms with Gasteiger partial charge in [0, 0.05) is 11.1 Å². The summed E-state index contributed by atoms with van der Waals surface area (Å²) in [6, 6.07) is 24.6. The zero-order chi connectivity index (χ0) is 19.3. The number of aromatic nitrogens is 2. The van der Waals surface area contributed by atoms with Crippen LogP contribution in [0.2, 0.25) is 0 Å². The predicted molar refractivity (Wildman–Crippen MR) is 106 cm³/mol. The molecule has 0 unspecified atom stereocenters. The lowest BCUT2D eigenvalue weighted by Crippen LogP contribution is -2.11. The van der Waals surface area contributed by atoms with Gasteiger partial charge in [-0.1, -0.05) is 47.6 Å². The molecule has 28 heavy (non-hydrogen) atoms. The van der Waals surface area contributed by atoms with Crippen molar-refractivity contribution in [2.24, 2.45) is 0 Å². The second-order valence-electron chi connectivity index (χ2n) is 6.04. The van der Waals surface area contributed by atoms with Crippen LogP contribution in [0, 0.1) is 0 Å². The van der Waals surface area contributed by atoms with Crippen molar-refractivity contribution < 1.29 is 13.9 Å². The van der Waals surface area contributed by atoms with E-state index < -0.39 is 0 Å². The molecule has 0 bridgehead atoms. The molecule has 0 aliphatic heterocycles. The minimum Gasteiger partial charge on any atom is -0.497 e. The number of amides is 1. The van der Waals surface area contributed by atoms with Crippen LogP contribution in [0.5, 0.6) is 5.75 Å². The Labute approximate surface area is 161 Å². The first-order chi connectivity index (χ1) is 13.7. The monoisotopic (exact) mass is 371 g/mol. The van der Waals surface area contributed by atoms with Crippen molar-refractivity contribution in [1.82, 2.24) is 10.2 Å². The highest BCUT2D eigenvalue weighted by molar-refractivity contribution is 6.03. The SMILES string of the molecule is COc1ccc(-c2nnc(NC(=O)c3ccc(-c4ccccc4)cc3)o2)cc1. The molecule has 4 aromatic rings. The molecule has 1 N–H and O–H groups in total. The molecule has 138 valence electrons. The lowest BCUT2D eigenvalue weighted by molar-refractivity contribution is 0.102. The number of rotatable bonds is 5. The molecule has 0 saturated carbocycles. The number of methoxy groups -OCH3 is 1. The van der Waals surface area contributed by atoms with Crippen LogP contribution in [-0.4, -0.2) is 23.2 Å². The molecule has 6 heteroatoms. The first-order valence-corrected chi connectivity index (χ1v) is 8.68. The Bertz CT molecular complexity index is 1070. The predicted octanol–water partition coefficient (Wildman–Crippen LogP) is 4.66. The molecule has 3 aromatic carbocycles. The normalized spacial score (nSPS) is 10.5. The minimum absolute atomic E-state index is 0.0444. The average molecular weight is 371 g/mol. The number of hydrogen-bond acceptors (Lipinski definition) is 5. The van der Waals surface area contributed by atoms with E-state index in [0.29, 0.717) is 11.5 Å². The quantitative estimate of drug-likeness (QED) is 0.552. The van der Waals surface area contributed by atoms with Crippen molar-refractivity contribution in [1.29, 1.82) is 0 Å². The highest BCUT2D eigenvalue weighted by atomic mass is 16.5. The smallest absolute Gasteiger partial charge is 0.322 e. The van der Waals surface area contributed by atoms with E-state index in [1.165, 1.54) is 0 Å². The van der Waals surface area contributed by atoms with Crippen LogP contribution in [0.1, 0.15) is 10.4 Å². The van der Waals surface area contributed by atoms with E-state index in [4.69, 9.17) is 9.15 Å². The third kappa shape index (κ3) is 3.76. The molecule has 0 aliphatic rings. The van der Waals surface area contributed by atoms with Crippen molar-refractivity contribution in [2.75, 3.05) is 12.4 Å². The highest BCUT2D eigenvalue weighted by Crippen LogP contribution is 2.23. The minimum atomic E-state index is -0.315. The van der Waals surface area contributed by atoms with Gasteiger partial charge in [0.05, 0.1) is 7.11 Å². The molecular weight excluding hydrogens is 354 g/mol.